The molecule has 0 aliphatic rings. The minimum absolute atomic E-state index is 0.111. The molecule has 0 spiro atoms. The Kier molecular flexibility index (Phi) is 3.55. The molecule has 2 aromatic heterocycles. The maximum Gasteiger partial charge on any atom is 0.238 e. The molecule has 6 heteroatoms. The van der Waals surface area contributed by atoms with E-state index in [0.29, 0.717) is 29.9 Å². The number of carbonyl (C=O) groups excluding carboxylic acids is 1. The van der Waals surface area contributed by atoms with E-state index in [0.717, 1.165) is 0 Å². The molecule has 2 rings (SSSR count). The van der Waals surface area contributed by atoms with Crippen molar-refractivity contribution in [3.05, 3.63) is 18.3 Å². The summed E-state index contributed by atoms with van der Waals surface area (Å²) >= 11 is 0. The first-order valence-electron chi connectivity index (χ1n) is 5.88. The van der Waals surface area contributed by atoms with Gasteiger partial charge in [0.15, 0.2) is 5.82 Å². The smallest absolute Gasteiger partial charge is 0.238 e. The van der Waals surface area contributed by atoms with Crippen molar-refractivity contribution in [1.82, 2.24) is 19.7 Å². The summed E-state index contributed by atoms with van der Waals surface area (Å²) in [6, 6.07) is 0. The van der Waals surface area contributed by atoms with Gasteiger partial charge in [-0.05, 0) is 5.92 Å². The fraction of sp³-hybridized carbons (Fsp3) is 0.500. The molecule has 96 valence electrons. The summed E-state index contributed by atoms with van der Waals surface area (Å²) in [4.78, 5) is 19.9. The van der Waals surface area contributed by atoms with Crippen molar-refractivity contribution in [2.45, 2.75) is 26.7 Å². The number of hydrogen-bond acceptors (Lipinski definition) is 5. The van der Waals surface area contributed by atoms with Crippen molar-refractivity contribution in [3.63, 3.8) is 0 Å². The highest BCUT2D eigenvalue weighted by atomic mass is 16.5. The molecule has 2 heterocycles. The number of carbonyl (C=O) groups is 1. The number of hydrogen-bond donors (Lipinski definition) is 0. The Balaban J connectivity index is 2.07. The quantitative estimate of drug-likeness (QED) is 0.804. The predicted octanol–water partition coefficient (Wildman–Crippen LogP) is 1.63. The maximum absolute atomic E-state index is 11.6. The lowest BCUT2D eigenvalue weighted by Crippen LogP contribution is -2.06. The fourth-order valence-electron chi connectivity index (χ4n) is 1.69. The SMILES string of the molecule is CC(C)CC(=O)Cc1nc(-c2nccn2C)no1. The van der Waals surface area contributed by atoms with Gasteiger partial charge in [-0.2, -0.15) is 4.98 Å². The van der Waals surface area contributed by atoms with Crippen LogP contribution in [0.3, 0.4) is 0 Å². The van der Waals surface area contributed by atoms with E-state index in [2.05, 4.69) is 15.1 Å². The third-order valence-electron chi connectivity index (χ3n) is 2.47. The lowest BCUT2D eigenvalue weighted by atomic mass is 10.1. The van der Waals surface area contributed by atoms with Crippen LogP contribution in [0.15, 0.2) is 16.9 Å². The van der Waals surface area contributed by atoms with Gasteiger partial charge in [0, 0.05) is 25.9 Å². The first-order valence-corrected chi connectivity index (χ1v) is 5.88. The van der Waals surface area contributed by atoms with Gasteiger partial charge in [0.05, 0.1) is 6.42 Å². The van der Waals surface area contributed by atoms with E-state index in [9.17, 15) is 4.79 Å². The Morgan fingerprint density at radius 3 is 2.89 bits per heavy atom. The molecule has 0 aliphatic heterocycles. The first kappa shape index (κ1) is 12.5. The van der Waals surface area contributed by atoms with Gasteiger partial charge < -0.3 is 9.09 Å². The van der Waals surface area contributed by atoms with E-state index in [-0.39, 0.29) is 12.2 Å². The summed E-state index contributed by atoms with van der Waals surface area (Å²) in [5.74, 6) is 1.84. The molecule has 0 fully saturated rings. The van der Waals surface area contributed by atoms with Gasteiger partial charge in [-0.15, -0.1) is 0 Å². The number of aryl methyl sites for hydroxylation is 1. The van der Waals surface area contributed by atoms with E-state index >= 15 is 0 Å². The normalized spacial score (nSPS) is 11.1. The van der Waals surface area contributed by atoms with Crippen molar-refractivity contribution in [2.24, 2.45) is 13.0 Å². The summed E-state index contributed by atoms with van der Waals surface area (Å²) in [5.41, 5.74) is 0. The van der Waals surface area contributed by atoms with Gasteiger partial charge in [-0.1, -0.05) is 19.0 Å². The number of rotatable bonds is 5. The zero-order chi connectivity index (χ0) is 13.1. The Bertz CT molecular complexity index is 542. The average Bonchev–Trinajstić information content (AvgIpc) is 2.85. The summed E-state index contributed by atoms with van der Waals surface area (Å²) < 4.78 is 6.86. The van der Waals surface area contributed by atoms with Crippen LogP contribution in [-0.4, -0.2) is 25.5 Å². The molecule has 0 atom stereocenters. The molecule has 0 saturated carbocycles. The Labute approximate surface area is 105 Å². The zero-order valence-electron chi connectivity index (χ0n) is 10.8. The van der Waals surface area contributed by atoms with Gasteiger partial charge in [0.25, 0.3) is 0 Å². The molecular formula is C12H16N4O2. The number of aromatic nitrogens is 4. The van der Waals surface area contributed by atoms with Crippen LogP contribution in [0.5, 0.6) is 0 Å². The summed E-state index contributed by atoms with van der Waals surface area (Å²) in [5, 5.41) is 3.83. The standard InChI is InChI=1S/C12H16N4O2/c1-8(2)6-9(17)7-10-14-11(15-18-10)12-13-4-5-16(12)3/h4-5,8H,6-7H2,1-3H3. The van der Waals surface area contributed by atoms with E-state index < -0.39 is 0 Å². The molecule has 0 aliphatic carbocycles. The number of nitrogens with zero attached hydrogens (tertiary/aromatic N) is 4. The third kappa shape index (κ3) is 2.82. The lowest BCUT2D eigenvalue weighted by molar-refractivity contribution is -0.119. The average molecular weight is 248 g/mol. The second-order valence-electron chi connectivity index (χ2n) is 4.69. The van der Waals surface area contributed by atoms with Crippen LogP contribution in [0.1, 0.15) is 26.2 Å². The topological polar surface area (TPSA) is 73.8 Å². The number of Topliss-reactive ketones (excluding diaryl/α,β-unsaturated/α-hetero) is 1. The third-order valence-corrected chi connectivity index (χ3v) is 2.47. The summed E-state index contributed by atoms with van der Waals surface area (Å²) in [6.07, 6.45) is 4.18. The predicted molar refractivity (Wildman–Crippen MR) is 64.7 cm³/mol. The van der Waals surface area contributed by atoms with Crippen LogP contribution in [-0.2, 0) is 18.3 Å². The highest BCUT2D eigenvalue weighted by Gasteiger charge is 2.15. The first-order chi connectivity index (χ1) is 8.56. The van der Waals surface area contributed by atoms with Crippen molar-refractivity contribution < 1.29 is 9.32 Å². The summed E-state index contributed by atoms with van der Waals surface area (Å²) in [7, 11) is 1.85. The van der Waals surface area contributed by atoms with Gasteiger partial charge in [0.2, 0.25) is 11.7 Å². The molecule has 0 radical (unpaired) electrons. The molecule has 0 saturated heterocycles. The monoisotopic (exact) mass is 248 g/mol. The molecule has 0 aromatic carbocycles. The molecule has 0 unspecified atom stereocenters. The van der Waals surface area contributed by atoms with E-state index in [1.807, 2.05) is 20.9 Å². The van der Waals surface area contributed by atoms with Gasteiger partial charge in [0.1, 0.15) is 5.78 Å². The van der Waals surface area contributed by atoms with Crippen LogP contribution >= 0.6 is 0 Å². The van der Waals surface area contributed by atoms with E-state index in [1.54, 1.807) is 17.0 Å². The van der Waals surface area contributed by atoms with Crippen molar-refractivity contribution in [2.75, 3.05) is 0 Å². The Morgan fingerprint density at radius 1 is 1.50 bits per heavy atom. The molecular weight excluding hydrogens is 232 g/mol. The second-order valence-corrected chi connectivity index (χ2v) is 4.69. The maximum atomic E-state index is 11.6. The van der Waals surface area contributed by atoms with Gasteiger partial charge >= 0.3 is 0 Å². The molecule has 0 amide bonds. The van der Waals surface area contributed by atoms with E-state index in [4.69, 9.17) is 4.52 Å². The second kappa shape index (κ2) is 5.12. The molecule has 2 aromatic rings. The fourth-order valence-corrected chi connectivity index (χ4v) is 1.69. The Hall–Kier alpha value is -1.98. The molecule has 0 N–H and O–H groups in total. The van der Waals surface area contributed by atoms with Gasteiger partial charge in [-0.25, -0.2) is 4.98 Å². The largest absolute Gasteiger partial charge is 0.338 e. The zero-order valence-corrected chi connectivity index (χ0v) is 10.8. The highest BCUT2D eigenvalue weighted by molar-refractivity contribution is 5.80. The minimum atomic E-state index is 0.111. The number of ketones is 1. The molecule has 18 heavy (non-hydrogen) atoms. The van der Waals surface area contributed by atoms with Crippen molar-refractivity contribution in [1.29, 1.82) is 0 Å². The Morgan fingerprint density at radius 2 is 2.28 bits per heavy atom. The van der Waals surface area contributed by atoms with Crippen LogP contribution < -0.4 is 0 Å². The van der Waals surface area contributed by atoms with Gasteiger partial charge in [-0.3, -0.25) is 4.79 Å². The van der Waals surface area contributed by atoms with Crippen LogP contribution in [0.4, 0.5) is 0 Å². The van der Waals surface area contributed by atoms with Crippen LogP contribution in [0.2, 0.25) is 0 Å². The highest BCUT2D eigenvalue weighted by Crippen LogP contribution is 2.13. The van der Waals surface area contributed by atoms with E-state index in [1.165, 1.54) is 0 Å². The molecule has 0 bridgehead atoms. The van der Waals surface area contributed by atoms with Crippen molar-refractivity contribution >= 4 is 5.78 Å². The van der Waals surface area contributed by atoms with Crippen LogP contribution in [0, 0.1) is 5.92 Å². The summed E-state index contributed by atoms with van der Waals surface area (Å²) in [6.45, 7) is 4.01. The molecule has 6 nitrogen and oxygen atoms in total. The lowest BCUT2D eigenvalue weighted by Gasteiger charge is -2.00. The minimum Gasteiger partial charge on any atom is -0.338 e. The number of imidazole rings is 1. The van der Waals surface area contributed by atoms with Crippen LogP contribution in [0.25, 0.3) is 11.6 Å². The van der Waals surface area contributed by atoms with Crippen molar-refractivity contribution in [3.8, 4) is 11.6 Å².